The Morgan fingerprint density at radius 2 is 2.00 bits per heavy atom. The van der Waals surface area contributed by atoms with Gasteiger partial charge in [-0.3, -0.25) is 0 Å². The molecule has 4 nitrogen and oxygen atoms in total. The lowest BCUT2D eigenvalue weighted by Crippen LogP contribution is -2.48. The minimum absolute atomic E-state index is 0.130. The number of rotatable bonds is 3. The number of carbonyl (C=O) groups is 1. The smallest absolute Gasteiger partial charge is 0.410 e. The summed E-state index contributed by atoms with van der Waals surface area (Å²) in [6, 6.07) is 5.04. The van der Waals surface area contributed by atoms with Crippen LogP contribution in [-0.4, -0.2) is 36.2 Å². The van der Waals surface area contributed by atoms with E-state index in [1.54, 1.807) is 23.1 Å². The van der Waals surface area contributed by atoms with Crippen molar-refractivity contribution < 1.29 is 13.9 Å². The number of carbonyl (C=O) groups excluding carboxylic acids is 1. The van der Waals surface area contributed by atoms with Gasteiger partial charge in [0.25, 0.3) is 0 Å². The third kappa shape index (κ3) is 4.61. The molecule has 1 amide bonds. The maximum absolute atomic E-state index is 14.2. The second-order valence-electron chi connectivity index (χ2n) is 7.56. The van der Waals surface area contributed by atoms with Gasteiger partial charge in [-0.05, 0) is 63.6 Å². The molecule has 1 aliphatic rings. The molecule has 0 aliphatic carbocycles. The molecule has 0 unspecified atom stereocenters. The summed E-state index contributed by atoms with van der Waals surface area (Å²) in [7, 11) is 0. The first-order valence-corrected chi connectivity index (χ1v) is 8.64. The molecule has 0 atom stereocenters. The second-order valence-corrected chi connectivity index (χ2v) is 7.97. The van der Waals surface area contributed by atoms with Gasteiger partial charge in [0, 0.05) is 13.1 Å². The van der Waals surface area contributed by atoms with Gasteiger partial charge >= 0.3 is 6.09 Å². The van der Waals surface area contributed by atoms with Gasteiger partial charge in [-0.2, -0.15) is 0 Å². The van der Waals surface area contributed by atoms with Crippen LogP contribution in [0.25, 0.3) is 0 Å². The third-order valence-corrected chi connectivity index (χ3v) is 4.80. The van der Waals surface area contributed by atoms with Crippen molar-refractivity contribution in [3.63, 3.8) is 0 Å². The Hall–Kier alpha value is -1.33. The molecule has 1 aliphatic heterocycles. The molecule has 1 aromatic carbocycles. The highest BCUT2D eigenvalue weighted by Gasteiger charge is 2.36. The summed E-state index contributed by atoms with van der Waals surface area (Å²) in [5.74, 6) is -0.374. The lowest BCUT2D eigenvalue weighted by molar-refractivity contribution is 0.0108. The minimum atomic E-state index is -0.511. The Morgan fingerprint density at radius 1 is 1.38 bits per heavy atom. The van der Waals surface area contributed by atoms with Crippen LogP contribution in [-0.2, 0) is 11.2 Å². The summed E-state index contributed by atoms with van der Waals surface area (Å²) in [5.41, 5.74) is 5.86. The molecule has 1 aromatic rings. The number of benzene rings is 1. The monoisotopic (exact) mass is 356 g/mol. The summed E-state index contributed by atoms with van der Waals surface area (Å²) >= 11 is 5.87. The van der Waals surface area contributed by atoms with E-state index in [1.165, 1.54) is 0 Å². The Balaban J connectivity index is 2.04. The van der Waals surface area contributed by atoms with Crippen molar-refractivity contribution in [2.24, 2.45) is 11.1 Å². The molecule has 0 spiro atoms. The maximum Gasteiger partial charge on any atom is 0.410 e. The number of nitrogens with two attached hydrogens (primary N) is 1. The lowest BCUT2D eigenvalue weighted by Gasteiger charge is -2.41. The molecule has 24 heavy (non-hydrogen) atoms. The molecule has 2 N–H and O–H groups in total. The SMILES string of the molecule is CC(C)(C)OC(=O)N1CCC(CN)(Cc2cccc(Cl)c2F)CC1. The van der Waals surface area contributed by atoms with Crippen LogP contribution in [0.3, 0.4) is 0 Å². The van der Waals surface area contributed by atoms with E-state index >= 15 is 0 Å². The van der Waals surface area contributed by atoms with E-state index in [0.717, 1.165) is 0 Å². The first kappa shape index (κ1) is 19.0. The first-order chi connectivity index (χ1) is 11.2. The standard InChI is InChI=1S/C18H26ClFN2O2/c1-17(2,3)24-16(23)22-9-7-18(12-21,8-10-22)11-13-5-4-6-14(19)15(13)20/h4-6H,7-12,21H2,1-3H3. The number of hydrogen-bond acceptors (Lipinski definition) is 3. The van der Waals surface area contributed by atoms with Crippen LogP contribution >= 0.6 is 11.6 Å². The quantitative estimate of drug-likeness (QED) is 0.890. The summed E-state index contributed by atoms with van der Waals surface area (Å²) in [6.45, 7) is 7.12. The van der Waals surface area contributed by atoms with Crippen molar-refractivity contribution in [2.75, 3.05) is 19.6 Å². The summed E-state index contributed by atoms with van der Waals surface area (Å²) < 4.78 is 19.6. The Labute approximate surface area is 148 Å². The van der Waals surface area contributed by atoms with Crippen molar-refractivity contribution in [2.45, 2.75) is 45.6 Å². The summed E-state index contributed by atoms with van der Waals surface area (Å²) in [6.07, 6.45) is 1.66. The minimum Gasteiger partial charge on any atom is -0.444 e. The molecule has 1 heterocycles. The van der Waals surface area contributed by atoms with E-state index in [4.69, 9.17) is 22.1 Å². The number of piperidine rings is 1. The molecule has 2 rings (SSSR count). The molecule has 6 heteroatoms. The Kier molecular flexibility index (Phi) is 5.76. The zero-order valence-corrected chi connectivity index (χ0v) is 15.3. The van der Waals surface area contributed by atoms with Gasteiger partial charge < -0.3 is 15.4 Å². The van der Waals surface area contributed by atoms with Crippen LogP contribution in [0, 0.1) is 11.2 Å². The third-order valence-electron chi connectivity index (χ3n) is 4.51. The maximum atomic E-state index is 14.2. The number of nitrogens with zero attached hydrogens (tertiary/aromatic N) is 1. The Bertz CT molecular complexity index is 593. The molecule has 0 saturated carbocycles. The number of likely N-dealkylation sites (tertiary alicyclic amines) is 1. The van der Waals surface area contributed by atoms with Crippen molar-refractivity contribution in [3.8, 4) is 0 Å². The van der Waals surface area contributed by atoms with Gasteiger partial charge in [0.05, 0.1) is 5.02 Å². The molecule has 0 aromatic heterocycles. The predicted octanol–water partition coefficient (Wildman–Crippen LogP) is 4.00. The van der Waals surface area contributed by atoms with Crippen LogP contribution in [0.1, 0.15) is 39.2 Å². The molecule has 0 bridgehead atoms. The van der Waals surface area contributed by atoms with E-state index < -0.39 is 5.60 Å². The molecule has 1 fully saturated rings. The van der Waals surface area contributed by atoms with Gasteiger partial charge in [0.1, 0.15) is 11.4 Å². The van der Waals surface area contributed by atoms with Crippen LogP contribution in [0.2, 0.25) is 5.02 Å². The zero-order chi connectivity index (χ0) is 18.0. The summed E-state index contributed by atoms with van der Waals surface area (Å²) in [5, 5.41) is 0.130. The fourth-order valence-electron chi connectivity index (χ4n) is 3.03. The normalized spacial score (nSPS) is 17.7. The van der Waals surface area contributed by atoms with E-state index in [1.807, 2.05) is 20.8 Å². The topological polar surface area (TPSA) is 55.6 Å². The zero-order valence-electron chi connectivity index (χ0n) is 14.6. The highest BCUT2D eigenvalue weighted by molar-refractivity contribution is 6.30. The van der Waals surface area contributed by atoms with Crippen molar-refractivity contribution in [1.29, 1.82) is 0 Å². The average molecular weight is 357 g/mol. The van der Waals surface area contributed by atoms with Crippen molar-refractivity contribution in [3.05, 3.63) is 34.6 Å². The van der Waals surface area contributed by atoms with E-state index in [9.17, 15) is 9.18 Å². The molecular formula is C18H26ClFN2O2. The van der Waals surface area contributed by atoms with Crippen molar-refractivity contribution >= 4 is 17.7 Å². The summed E-state index contributed by atoms with van der Waals surface area (Å²) in [4.78, 5) is 13.9. The van der Waals surface area contributed by atoms with Crippen molar-refractivity contribution in [1.82, 2.24) is 4.90 Å². The van der Waals surface area contributed by atoms with E-state index in [2.05, 4.69) is 0 Å². The molecule has 1 saturated heterocycles. The second kappa shape index (κ2) is 7.28. The van der Waals surface area contributed by atoms with Crippen LogP contribution < -0.4 is 5.73 Å². The highest BCUT2D eigenvalue weighted by Crippen LogP contribution is 2.36. The van der Waals surface area contributed by atoms with Gasteiger partial charge in [-0.25, -0.2) is 9.18 Å². The van der Waals surface area contributed by atoms with E-state index in [0.29, 0.717) is 44.5 Å². The fraction of sp³-hybridized carbons (Fsp3) is 0.611. The van der Waals surface area contributed by atoms with Crippen LogP contribution in [0.4, 0.5) is 9.18 Å². The van der Waals surface area contributed by atoms with Gasteiger partial charge in [0.2, 0.25) is 0 Å². The predicted molar refractivity (Wildman–Crippen MR) is 93.6 cm³/mol. The number of amides is 1. The van der Waals surface area contributed by atoms with Gasteiger partial charge in [-0.15, -0.1) is 0 Å². The largest absolute Gasteiger partial charge is 0.444 e. The highest BCUT2D eigenvalue weighted by atomic mass is 35.5. The molecule has 0 radical (unpaired) electrons. The lowest BCUT2D eigenvalue weighted by atomic mass is 9.74. The Morgan fingerprint density at radius 3 is 2.54 bits per heavy atom. The molecular weight excluding hydrogens is 331 g/mol. The number of hydrogen-bond donors (Lipinski definition) is 1. The van der Waals surface area contributed by atoms with E-state index in [-0.39, 0.29) is 22.3 Å². The number of ether oxygens (including phenoxy) is 1. The number of halogens is 2. The average Bonchev–Trinajstić information content (AvgIpc) is 2.51. The van der Waals surface area contributed by atoms with Gasteiger partial charge in [0.15, 0.2) is 0 Å². The van der Waals surface area contributed by atoms with Crippen LogP contribution in [0.5, 0.6) is 0 Å². The van der Waals surface area contributed by atoms with Crippen LogP contribution in [0.15, 0.2) is 18.2 Å². The fourth-order valence-corrected chi connectivity index (χ4v) is 3.23. The first-order valence-electron chi connectivity index (χ1n) is 8.27. The van der Waals surface area contributed by atoms with Gasteiger partial charge in [-0.1, -0.05) is 23.7 Å². The molecule has 134 valence electrons.